The van der Waals surface area contributed by atoms with E-state index in [9.17, 15) is 0 Å². The van der Waals surface area contributed by atoms with Gasteiger partial charge in [0.2, 0.25) is 0 Å². The van der Waals surface area contributed by atoms with Crippen molar-refractivity contribution in [1.82, 2.24) is 15.0 Å². The van der Waals surface area contributed by atoms with Gasteiger partial charge in [-0.1, -0.05) is 92.6 Å². The van der Waals surface area contributed by atoms with Crippen LogP contribution in [0.4, 0.5) is 0 Å². The number of rotatable bonds is 9. The van der Waals surface area contributed by atoms with Crippen LogP contribution in [-0.4, -0.2) is 36.3 Å². The molecule has 0 fully saturated rings. The Morgan fingerprint density at radius 3 is 2.10 bits per heavy atom. The third-order valence-electron chi connectivity index (χ3n) is 11.8. The summed E-state index contributed by atoms with van der Waals surface area (Å²) in [6.45, 7) is 16.3. The molecule has 5 heterocycles. The van der Waals surface area contributed by atoms with E-state index in [2.05, 4.69) is 169 Å². The summed E-state index contributed by atoms with van der Waals surface area (Å²) in [6.07, 6.45) is 4.97. The maximum atomic E-state index is 6.31. The van der Waals surface area contributed by atoms with Crippen LogP contribution in [0.3, 0.4) is 0 Å². The molecule has 0 saturated carbocycles. The summed E-state index contributed by atoms with van der Waals surface area (Å²) in [5.41, 5.74) is 8.97. The van der Waals surface area contributed by atoms with Gasteiger partial charge in [-0.05, 0) is 27.0 Å². The second kappa shape index (κ2) is 17.5. The molecule has 0 N–H and O–H groups in total. The third kappa shape index (κ3) is 8.17. The first-order valence-electron chi connectivity index (χ1n) is 20.2. The van der Waals surface area contributed by atoms with Gasteiger partial charge in [0.05, 0.1) is 8.07 Å². The summed E-state index contributed by atoms with van der Waals surface area (Å²) in [7, 11) is -1.32. The minimum absolute atomic E-state index is 0. The summed E-state index contributed by atoms with van der Waals surface area (Å²) in [6, 6.07) is 45.1. The molecule has 0 atom stereocenters. The summed E-state index contributed by atoms with van der Waals surface area (Å²) in [4.78, 5) is 14.5. The minimum Gasteiger partial charge on any atom is -0.305 e. The van der Waals surface area contributed by atoms with Crippen LogP contribution in [0.2, 0.25) is 35.4 Å². The molecule has 0 aliphatic rings. The van der Waals surface area contributed by atoms with E-state index in [0.29, 0.717) is 5.71 Å². The number of aromatic nitrogens is 3. The molecule has 4 aromatic carbocycles. The molecule has 8 heteroatoms. The fraction of sp³-hybridized carbons (Fsp3) is 0.220. The largest absolute Gasteiger partial charge is 0.305 e. The molecule has 295 valence electrons. The number of fused-ring (bicyclic) bond motifs is 6. The van der Waals surface area contributed by atoms with Crippen LogP contribution < -0.4 is 9.58 Å². The number of furan rings is 1. The maximum absolute atomic E-state index is 6.31. The van der Waals surface area contributed by atoms with Crippen molar-refractivity contribution >= 4 is 84.5 Å². The first-order chi connectivity index (χ1) is 27.6. The number of aryl methyl sites for hydroxylation is 1. The van der Waals surface area contributed by atoms with Gasteiger partial charge in [0, 0.05) is 31.0 Å². The fourth-order valence-electron chi connectivity index (χ4n) is 8.08. The Morgan fingerprint density at radius 2 is 1.41 bits per heavy atom. The first-order valence-corrected chi connectivity index (χ1v) is 30.0. The van der Waals surface area contributed by atoms with Crippen molar-refractivity contribution in [2.24, 2.45) is 0 Å². The maximum Gasteiger partial charge on any atom is 0.0795 e. The summed E-state index contributed by atoms with van der Waals surface area (Å²) in [5, 5.41) is 10.1. The summed E-state index contributed by atoms with van der Waals surface area (Å²) >= 11 is -0.170. The van der Waals surface area contributed by atoms with Crippen LogP contribution in [0.1, 0.15) is 37.6 Å². The van der Waals surface area contributed by atoms with Gasteiger partial charge in [-0.25, -0.2) is 0 Å². The second-order valence-corrected chi connectivity index (χ2v) is 33.3. The number of benzene rings is 4. The van der Waals surface area contributed by atoms with E-state index in [0.717, 1.165) is 51.0 Å². The molecule has 0 bridgehead atoms. The Hall–Kier alpha value is -4.24. The van der Waals surface area contributed by atoms with Crippen LogP contribution in [0.5, 0.6) is 0 Å². The van der Waals surface area contributed by atoms with Crippen molar-refractivity contribution in [3.63, 3.8) is 0 Å². The van der Waals surface area contributed by atoms with Crippen molar-refractivity contribution in [3.8, 4) is 22.5 Å². The standard InChI is InChI=1S/C29H29GeN2O.C21H20NSSi.Ir/c1-4-30(5-2,6-3)22-15-18-27(31-20-22)26-14-10-13-24-25-17-16-23(32-29(25)33-28(24)26)19-21-11-8-7-9-12-21;1-14-9-11-16(18-12-10-15(13-22-18)24(2,3)4)21-20(14)17-7-5-6-8-19(17)23-21;/h7-13,15-18,20H,4-6,19H2,1-3H3;5-10,12-13H,1-4H3;/q2*-1;. The van der Waals surface area contributed by atoms with Gasteiger partial charge in [0.15, 0.2) is 0 Å². The van der Waals surface area contributed by atoms with Crippen molar-refractivity contribution in [1.29, 1.82) is 0 Å². The Balaban J connectivity index is 0.000000182. The molecule has 9 rings (SSSR count). The topological polar surface area (TPSA) is 51.8 Å². The van der Waals surface area contributed by atoms with Gasteiger partial charge < -0.3 is 4.98 Å². The minimum atomic E-state index is -2.01. The molecule has 0 spiro atoms. The first kappa shape index (κ1) is 41.9. The van der Waals surface area contributed by atoms with E-state index in [1.165, 1.54) is 56.6 Å². The van der Waals surface area contributed by atoms with E-state index >= 15 is 0 Å². The zero-order valence-electron chi connectivity index (χ0n) is 34.4. The molecule has 5 aromatic heterocycles. The van der Waals surface area contributed by atoms with Gasteiger partial charge in [-0.15, -0.1) is 23.3 Å². The SMILES string of the molecule is C[CH2][Ge]([CH2]C)([CH2]C)[c]1ccc(-c2[c-]ccc3c2oc2nc(Cc4ccccc4)ccc23)nc1.Cc1c[c-]c(-c2ccc([Si](C)(C)C)cn2)c2sc3ccccc3c12.[Ir]. The molecule has 4 nitrogen and oxygen atoms in total. The monoisotopic (exact) mass is 1030 g/mol. The van der Waals surface area contributed by atoms with Crippen LogP contribution >= 0.6 is 11.3 Å². The van der Waals surface area contributed by atoms with Gasteiger partial charge in [-0.2, -0.15) is 11.3 Å². The van der Waals surface area contributed by atoms with Crippen LogP contribution in [0, 0.1) is 19.1 Å². The second-order valence-electron chi connectivity index (χ2n) is 16.1. The van der Waals surface area contributed by atoms with Crippen molar-refractivity contribution in [2.75, 3.05) is 0 Å². The molecular weight excluding hydrogens is 984 g/mol. The van der Waals surface area contributed by atoms with E-state index < -0.39 is 21.3 Å². The third-order valence-corrected chi connectivity index (χ3v) is 26.7. The van der Waals surface area contributed by atoms with E-state index in [4.69, 9.17) is 19.4 Å². The van der Waals surface area contributed by atoms with E-state index in [1.54, 1.807) is 0 Å². The molecule has 0 amide bonds. The molecule has 58 heavy (non-hydrogen) atoms. The van der Waals surface area contributed by atoms with Crippen LogP contribution in [0.25, 0.3) is 64.8 Å². The Bertz CT molecular complexity index is 2820. The zero-order chi connectivity index (χ0) is 39.7. The number of nitrogens with zero attached hydrogens (tertiary/aromatic N) is 3. The smallest absolute Gasteiger partial charge is 0.0795 e. The predicted octanol–water partition coefficient (Wildman–Crippen LogP) is 12.9. The number of thiophene rings is 1. The molecule has 0 aliphatic carbocycles. The number of hydrogen-bond acceptors (Lipinski definition) is 5. The fourth-order valence-corrected chi connectivity index (χ4v) is 17.7. The molecule has 0 unspecified atom stereocenters. The molecule has 0 saturated heterocycles. The number of pyridine rings is 3. The molecule has 1 radical (unpaired) electrons. The van der Waals surface area contributed by atoms with E-state index in [1.807, 2.05) is 23.5 Å². The number of hydrogen-bond donors (Lipinski definition) is 0. The molecule has 0 aliphatic heterocycles. The average Bonchev–Trinajstić information content (AvgIpc) is 3.82. The average molecular weight is 1030 g/mol. The Morgan fingerprint density at radius 1 is 0.707 bits per heavy atom. The van der Waals surface area contributed by atoms with Crippen molar-refractivity contribution in [2.45, 2.75) is 69.5 Å². The van der Waals surface area contributed by atoms with E-state index in [-0.39, 0.29) is 20.1 Å². The zero-order valence-corrected chi connectivity index (χ0v) is 40.7. The molecule has 9 aromatic rings. The summed E-state index contributed by atoms with van der Waals surface area (Å²) < 4.78 is 10.4. The van der Waals surface area contributed by atoms with Gasteiger partial charge in [0.1, 0.15) is 0 Å². The van der Waals surface area contributed by atoms with Crippen LogP contribution in [0.15, 0.2) is 126 Å². The van der Waals surface area contributed by atoms with Crippen LogP contribution in [-0.2, 0) is 26.5 Å². The Labute approximate surface area is 363 Å². The molecular formula is C50H49GeIrN3OSSi-2. The predicted molar refractivity (Wildman–Crippen MR) is 249 cm³/mol. The van der Waals surface area contributed by atoms with Crippen molar-refractivity contribution in [3.05, 3.63) is 151 Å². The summed E-state index contributed by atoms with van der Waals surface area (Å²) in [5.74, 6) is 0. The quantitative estimate of drug-likeness (QED) is 0.107. The Kier molecular flexibility index (Phi) is 12.7. The normalized spacial score (nSPS) is 11.8. The van der Waals surface area contributed by atoms with Gasteiger partial charge in [0.25, 0.3) is 0 Å². The van der Waals surface area contributed by atoms with Crippen molar-refractivity contribution < 1.29 is 24.5 Å². The van der Waals surface area contributed by atoms with Gasteiger partial charge in [-0.3, -0.25) is 0 Å². The van der Waals surface area contributed by atoms with Gasteiger partial charge >= 0.3 is 168 Å².